The van der Waals surface area contributed by atoms with Gasteiger partial charge in [0.25, 0.3) is 0 Å². The van der Waals surface area contributed by atoms with Gasteiger partial charge in [-0.1, -0.05) is 0 Å². The van der Waals surface area contributed by atoms with Crippen LogP contribution in [0.5, 0.6) is 0 Å². The van der Waals surface area contributed by atoms with Crippen LogP contribution >= 0.6 is 11.3 Å². The molecule has 0 spiro atoms. The third kappa shape index (κ3) is 2.71. The molecule has 3 aromatic heterocycles. The molecule has 6 heteroatoms. The molecule has 0 unspecified atom stereocenters. The van der Waals surface area contributed by atoms with Crippen molar-refractivity contribution < 1.29 is 9.32 Å². The number of aromatic nitrogens is 2. The van der Waals surface area contributed by atoms with Gasteiger partial charge in [0.05, 0.1) is 32.3 Å². The molecule has 0 aliphatic carbocycles. The molecule has 0 amide bonds. The van der Waals surface area contributed by atoms with E-state index in [1.54, 1.807) is 23.9 Å². The Labute approximate surface area is 134 Å². The van der Waals surface area contributed by atoms with Crippen molar-refractivity contribution in [2.75, 3.05) is 26.0 Å². The minimum absolute atomic E-state index is 0.236. The first-order valence-corrected chi connectivity index (χ1v) is 8.17. The monoisotopic (exact) mass is 317 g/mol. The molecule has 0 aliphatic heterocycles. The van der Waals surface area contributed by atoms with Gasteiger partial charge in [-0.2, -0.15) is 0 Å². The molecule has 3 rings (SSSR count). The summed E-state index contributed by atoms with van der Waals surface area (Å²) in [5.41, 5.74) is 1.26. The Kier molecular flexibility index (Phi) is 4.13. The first-order valence-electron chi connectivity index (χ1n) is 7.36. The Hall–Kier alpha value is -1.92. The highest BCUT2D eigenvalue weighted by atomic mass is 32.1. The number of quaternary nitrogens is 1. The molecule has 2 N–H and O–H groups in total. The molecular formula is C16H21N4OS+. The number of furan rings is 1. The fourth-order valence-corrected chi connectivity index (χ4v) is 3.59. The van der Waals surface area contributed by atoms with E-state index in [0.29, 0.717) is 0 Å². The van der Waals surface area contributed by atoms with Crippen LogP contribution in [0.15, 0.2) is 29.1 Å². The molecule has 5 nitrogen and oxygen atoms in total. The van der Waals surface area contributed by atoms with Crippen LogP contribution in [0.25, 0.3) is 10.2 Å². The van der Waals surface area contributed by atoms with E-state index in [4.69, 9.17) is 4.42 Å². The summed E-state index contributed by atoms with van der Waals surface area (Å²) in [5.74, 6) is 1.89. The Balaban J connectivity index is 1.87. The summed E-state index contributed by atoms with van der Waals surface area (Å²) in [5, 5.41) is 4.62. The van der Waals surface area contributed by atoms with Crippen molar-refractivity contribution >= 4 is 27.4 Å². The average molecular weight is 317 g/mol. The second kappa shape index (κ2) is 6.06. The molecular weight excluding hydrogens is 296 g/mol. The number of hydrogen-bond donors (Lipinski definition) is 2. The summed E-state index contributed by atoms with van der Waals surface area (Å²) in [4.78, 5) is 12.5. The van der Waals surface area contributed by atoms with Crippen molar-refractivity contribution in [3.05, 3.63) is 40.9 Å². The van der Waals surface area contributed by atoms with Crippen LogP contribution in [0.3, 0.4) is 0 Å². The molecule has 0 aliphatic rings. The summed E-state index contributed by atoms with van der Waals surface area (Å²) >= 11 is 1.72. The number of fused-ring (bicyclic) bond motifs is 1. The minimum atomic E-state index is 0.236. The molecule has 0 bridgehead atoms. The van der Waals surface area contributed by atoms with Crippen LogP contribution in [-0.2, 0) is 0 Å². The van der Waals surface area contributed by atoms with Crippen LogP contribution in [0.4, 0.5) is 5.82 Å². The second-order valence-corrected chi connectivity index (χ2v) is 6.92. The lowest BCUT2D eigenvalue weighted by molar-refractivity contribution is -0.891. The van der Waals surface area contributed by atoms with Crippen molar-refractivity contribution in [2.45, 2.75) is 19.9 Å². The van der Waals surface area contributed by atoms with Gasteiger partial charge in [0, 0.05) is 4.88 Å². The van der Waals surface area contributed by atoms with Gasteiger partial charge in [-0.3, -0.25) is 0 Å². The van der Waals surface area contributed by atoms with Crippen LogP contribution in [-0.4, -0.2) is 30.6 Å². The molecule has 0 fully saturated rings. The molecule has 0 saturated heterocycles. The first kappa shape index (κ1) is 15.0. The third-order valence-corrected chi connectivity index (χ3v) is 5.14. The van der Waals surface area contributed by atoms with Crippen molar-refractivity contribution in [3.8, 4) is 0 Å². The molecule has 116 valence electrons. The zero-order valence-corrected chi connectivity index (χ0v) is 14.1. The smallest absolute Gasteiger partial charge is 0.163 e. The maximum absolute atomic E-state index is 5.57. The summed E-state index contributed by atoms with van der Waals surface area (Å²) < 4.78 is 5.57. The first-order chi connectivity index (χ1) is 10.6. The zero-order valence-electron chi connectivity index (χ0n) is 13.3. The largest absolute Gasteiger partial charge is 0.463 e. The molecule has 3 heterocycles. The standard InChI is InChI=1S/C16H20N4OS/c1-10-11(2)22-16-14(10)15(18-9-19-16)17-8-12(20(3)4)13-6-5-7-21-13/h5-7,9,12H,8H2,1-4H3,(H,17,18,19)/p+1/t12-/m0/s1. The number of hydrogen-bond acceptors (Lipinski definition) is 5. The number of rotatable bonds is 5. The average Bonchev–Trinajstić information content (AvgIpc) is 3.09. The predicted molar refractivity (Wildman–Crippen MR) is 89.6 cm³/mol. The van der Waals surface area contributed by atoms with E-state index in [1.165, 1.54) is 15.3 Å². The number of likely N-dealkylation sites (N-methyl/N-ethyl adjacent to an activating group) is 1. The SMILES string of the molecule is Cc1sc2ncnc(NC[C@@H](c3ccco3)[NH+](C)C)c2c1C. The van der Waals surface area contributed by atoms with Crippen molar-refractivity contribution in [3.63, 3.8) is 0 Å². The van der Waals surface area contributed by atoms with Crippen LogP contribution in [0.1, 0.15) is 22.2 Å². The Morgan fingerprint density at radius 3 is 2.82 bits per heavy atom. The normalized spacial score (nSPS) is 13.0. The topological polar surface area (TPSA) is 55.4 Å². The Bertz CT molecular complexity index is 764. The second-order valence-electron chi connectivity index (χ2n) is 5.71. The summed E-state index contributed by atoms with van der Waals surface area (Å²) in [6.45, 7) is 5.02. The van der Waals surface area contributed by atoms with Gasteiger partial charge < -0.3 is 14.6 Å². The minimum Gasteiger partial charge on any atom is -0.463 e. The number of aryl methyl sites for hydroxylation is 2. The predicted octanol–water partition coefficient (Wildman–Crippen LogP) is 2.20. The van der Waals surface area contributed by atoms with E-state index in [0.717, 1.165) is 28.3 Å². The van der Waals surface area contributed by atoms with E-state index >= 15 is 0 Å². The number of anilines is 1. The van der Waals surface area contributed by atoms with Gasteiger partial charge in [0.15, 0.2) is 11.8 Å². The van der Waals surface area contributed by atoms with Crippen molar-refractivity contribution in [1.29, 1.82) is 0 Å². The van der Waals surface area contributed by atoms with E-state index in [-0.39, 0.29) is 6.04 Å². The van der Waals surface area contributed by atoms with Crippen LogP contribution < -0.4 is 10.2 Å². The number of nitrogens with zero attached hydrogens (tertiary/aromatic N) is 2. The molecule has 0 aromatic carbocycles. The molecule has 0 radical (unpaired) electrons. The van der Waals surface area contributed by atoms with E-state index in [2.05, 4.69) is 43.2 Å². The number of thiophene rings is 1. The number of nitrogens with one attached hydrogen (secondary N) is 2. The maximum atomic E-state index is 5.57. The molecule has 0 saturated carbocycles. The maximum Gasteiger partial charge on any atom is 0.163 e. The highest BCUT2D eigenvalue weighted by Crippen LogP contribution is 2.32. The van der Waals surface area contributed by atoms with Gasteiger partial charge in [-0.05, 0) is 31.5 Å². The highest BCUT2D eigenvalue weighted by Gasteiger charge is 2.21. The van der Waals surface area contributed by atoms with Gasteiger partial charge in [0.2, 0.25) is 0 Å². The molecule has 1 atom stereocenters. The van der Waals surface area contributed by atoms with Gasteiger partial charge in [0.1, 0.15) is 17.0 Å². The summed E-state index contributed by atoms with van der Waals surface area (Å²) in [7, 11) is 4.26. The zero-order chi connectivity index (χ0) is 15.7. The van der Waals surface area contributed by atoms with Crippen LogP contribution in [0, 0.1) is 13.8 Å². The van der Waals surface area contributed by atoms with E-state index in [1.807, 2.05) is 12.1 Å². The van der Waals surface area contributed by atoms with Gasteiger partial charge in [-0.15, -0.1) is 11.3 Å². The summed E-state index contributed by atoms with van der Waals surface area (Å²) in [6, 6.07) is 4.19. The third-order valence-electron chi connectivity index (χ3n) is 4.02. The van der Waals surface area contributed by atoms with Crippen molar-refractivity contribution in [1.82, 2.24) is 9.97 Å². The Morgan fingerprint density at radius 2 is 2.14 bits per heavy atom. The van der Waals surface area contributed by atoms with E-state index in [9.17, 15) is 0 Å². The fourth-order valence-electron chi connectivity index (χ4n) is 2.59. The highest BCUT2D eigenvalue weighted by molar-refractivity contribution is 7.18. The lowest BCUT2D eigenvalue weighted by Gasteiger charge is -2.20. The molecule has 22 heavy (non-hydrogen) atoms. The van der Waals surface area contributed by atoms with Gasteiger partial charge in [-0.25, -0.2) is 9.97 Å². The lowest BCUT2D eigenvalue weighted by atomic mass is 10.2. The van der Waals surface area contributed by atoms with E-state index < -0.39 is 0 Å². The van der Waals surface area contributed by atoms with Crippen LogP contribution in [0.2, 0.25) is 0 Å². The lowest BCUT2D eigenvalue weighted by Crippen LogP contribution is -3.06. The molecule has 3 aromatic rings. The quantitative estimate of drug-likeness (QED) is 0.757. The van der Waals surface area contributed by atoms with Gasteiger partial charge >= 0.3 is 0 Å². The van der Waals surface area contributed by atoms with Crippen molar-refractivity contribution in [2.24, 2.45) is 0 Å². The fraction of sp³-hybridized carbons (Fsp3) is 0.375. The Morgan fingerprint density at radius 1 is 1.32 bits per heavy atom. The summed E-state index contributed by atoms with van der Waals surface area (Å²) in [6.07, 6.45) is 3.35.